The molecule has 6 heteroatoms. The van der Waals surface area contributed by atoms with Crippen LogP contribution in [-0.2, 0) is 11.8 Å². The van der Waals surface area contributed by atoms with E-state index >= 15 is 0 Å². The molecule has 1 aromatic heterocycles. The minimum Gasteiger partial charge on any atom is -0.387 e. The first-order chi connectivity index (χ1) is 11.8. The third-order valence-corrected chi connectivity index (χ3v) is 4.48. The minimum absolute atomic E-state index is 0.0999. The molecular weight excluding hydrogens is 316 g/mol. The normalized spacial score (nSPS) is 12.4. The molecule has 0 aliphatic carbocycles. The summed E-state index contributed by atoms with van der Waals surface area (Å²) < 4.78 is 1.75. The lowest BCUT2D eigenvalue weighted by atomic mass is 10.1. The molecule has 1 amide bonds. The van der Waals surface area contributed by atoms with Crippen molar-refractivity contribution in [3.8, 4) is 0 Å². The number of benzene rings is 1. The van der Waals surface area contributed by atoms with Crippen LogP contribution in [0.3, 0.4) is 0 Å². The van der Waals surface area contributed by atoms with Gasteiger partial charge in [-0.05, 0) is 32.9 Å². The van der Waals surface area contributed by atoms with Gasteiger partial charge in [0.1, 0.15) is 0 Å². The lowest BCUT2D eigenvalue weighted by molar-refractivity contribution is -0.117. The first-order valence-corrected chi connectivity index (χ1v) is 8.58. The first-order valence-electron chi connectivity index (χ1n) is 8.58. The largest absolute Gasteiger partial charge is 0.387 e. The van der Waals surface area contributed by atoms with Crippen molar-refractivity contribution in [2.45, 2.75) is 33.8 Å². The van der Waals surface area contributed by atoms with Crippen molar-refractivity contribution in [3.63, 3.8) is 0 Å². The Kier molecular flexibility index (Phi) is 6.33. The van der Waals surface area contributed by atoms with Crippen LogP contribution in [-0.4, -0.2) is 45.3 Å². The van der Waals surface area contributed by atoms with Gasteiger partial charge in [-0.15, -0.1) is 0 Å². The van der Waals surface area contributed by atoms with Crippen molar-refractivity contribution in [2.75, 3.05) is 25.0 Å². The van der Waals surface area contributed by atoms with E-state index in [0.29, 0.717) is 13.1 Å². The number of amides is 1. The highest BCUT2D eigenvalue weighted by Gasteiger charge is 2.17. The Morgan fingerprint density at radius 2 is 1.92 bits per heavy atom. The Bertz CT molecular complexity index is 722. The molecule has 0 bridgehead atoms. The molecule has 0 radical (unpaired) electrons. The Morgan fingerprint density at radius 3 is 2.44 bits per heavy atom. The highest BCUT2D eigenvalue weighted by molar-refractivity contribution is 5.93. The fourth-order valence-corrected chi connectivity index (χ4v) is 2.78. The molecule has 1 atom stereocenters. The molecule has 2 aromatic rings. The maximum atomic E-state index is 12.4. The molecule has 1 heterocycles. The van der Waals surface area contributed by atoms with Crippen LogP contribution in [0.1, 0.15) is 35.5 Å². The van der Waals surface area contributed by atoms with Gasteiger partial charge in [-0.3, -0.25) is 14.4 Å². The van der Waals surface area contributed by atoms with Crippen molar-refractivity contribution < 1.29 is 9.90 Å². The third-order valence-electron chi connectivity index (χ3n) is 4.48. The van der Waals surface area contributed by atoms with Crippen molar-refractivity contribution in [2.24, 2.45) is 7.05 Å². The lowest BCUT2D eigenvalue weighted by Gasteiger charge is -2.23. The van der Waals surface area contributed by atoms with Gasteiger partial charge in [-0.2, -0.15) is 5.10 Å². The summed E-state index contributed by atoms with van der Waals surface area (Å²) in [6, 6.07) is 7.82. The van der Waals surface area contributed by atoms with Crippen molar-refractivity contribution in [1.82, 2.24) is 14.7 Å². The van der Waals surface area contributed by atoms with Crippen LogP contribution >= 0.6 is 0 Å². The van der Waals surface area contributed by atoms with Crippen LogP contribution in [0, 0.1) is 20.8 Å². The summed E-state index contributed by atoms with van der Waals surface area (Å²) >= 11 is 0. The van der Waals surface area contributed by atoms with Gasteiger partial charge in [0.2, 0.25) is 5.91 Å². The van der Waals surface area contributed by atoms with Crippen molar-refractivity contribution >= 4 is 11.6 Å². The van der Waals surface area contributed by atoms with E-state index in [4.69, 9.17) is 0 Å². The number of rotatable bonds is 7. The summed E-state index contributed by atoms with van der Waals surface area (Å²) in [5.41, 5.74) is 4.51. The minimum atomic E-state index is -0.616. The van der Waals surface area contributed by atoms with E-state index in [9.17, 15) is 9.90 Å². The molecule has 6 nitrogen and oxygen atoms in total. The number of aliphatic hydroxyl groups excluding tert-OH is 1. The van der Waals surface area contributed by atoms with Gasteiger partial charge in [0.05, 0.1) is 29.7 Å². The highest BCUT2D eigenvalue weighted by Crippen LogP contribution is 2.19. The topological polar surface area (TPSA) is 70.4 Å². The molecule has 0 aliphatic rings. The summed E-state index contributed by atoms with van der Waals surface area (Å²) in [5.74, 6) is -0.0999. The first kappa shape index (κ1) is 19.1. The number of aryl methyl sites for hydroxylation is 3. The maximum absolute atomic E-state index is 12.4. The zero-order valence-corrected chi connectivity index (χ0v) is 15.7. The Hall–Kier alpha value is -2.18. The highest BCUT2D eigenvalue weighted by atomic mass is 16.3. The third kappa shape index (κ3) is 4.90. The molecule has 1 unspecified atom stereocenters. The number of hydrogen-bond acceptors (Lipinski definition) is 4. The number of likely N-dealkylation sites (N-methyl/N-ethyl adjacent to an activating group) is 1. The quantitative estimate of drug-likeness (QED) is 0.809. The van der Waals surface area contributed by atoms with E-state index < -0.39 is 6.10 Å². The summed E-state index contributed by atoms with van der Waals surface area (Å²) in [6.07, 6.45) is -0.616. The molecule has 0 spiro atoms. The number of aromatic nitrogens is 2. The van der Waals surface area contributed by atoms with E-state index in [1.165, 1.54) is 0 Å². The standard InChI is InChI=1S/C19H28N4O2/c1-6-23(11-17(24)16-9-7-13(2)8-10-16)12-18(25)20-19-14(3)21-22(5)15(19)4/h7-10,17,24H,6,11-12H2,1-5H3,(H,20,25). The van der Waals surface area contributed by atoms with Crippen LogP contribution in [0.4, 0.5) is 5.69 Å². The van der Waals surface area contributed by atoms with E-state index in [1.807, 2.05) is 63.9 Å². The maximum Gasteiger partial charge on any atom is 0.238 e. The second kappa shape index (κ2) is 8.27. The molecule has 25 heavy (non-hydrogen) atoms. The van der Waals surface area contributed by atoms with Gasteiger partial charge in [0.25, 0.3) is 0 Å². The zero-order chi connectivity index (χ0) is 18.6. The van der Waals surface area contributed by atoms with Crippen molar-refractivity contribution in [3.05, 3.63) is 46.8 Å². The second-order valence-electron chi connectivity index (χ2n) is 6.47. The van der Waals surface area contributed by atoms with Crippen LogP contribution < -0.4 is 5.32 Å². The summed E-state index contributed by atoms with van der Waals surface area (Å²) in [4.78, 5) is 14.3. The predicted molar refractivity (Wildman–Crippen MR) is 99.6 cm³/mol. The SMILES string of the molecule is CCN(CC(=O)Nc1c(C)nn(C)c1C)CC(O)c1ccc(C)cc1. The molecule has 2 rings (SSSR count). The van der Waals surface area contributed by atoms with Crippen LogP contribution in [0.2, 0.25) is 0 Å². The number of nitrogens with one attached hydrogen (secondary N) is 1. The zero-order valence-electron chi connectivity index (χ0n) is 15.7. The number of nitrogens with zero attached hydrogens (tertiary/aromatic N) is 3. The Morgan fingerprint density at radius 1 is 1.28 bits per heavy atom. The van der Waals surface area contributed by atoms with E-state index in [2.05, 4.69) is 10.4 Å². The van der Waals surface area contributed by atoms with Gasteiger partial charge >= 0.3 is 0 Å². The summed E-state index contributed by atoms with van der Waals surface area (Å²) in [6.45, 7) is 9.12. The average molecular weight is 344 g/mol. The monoisotopic (exact) mass is 344 g/mol. The molecule has 0 saturated carbocycles. The molecule has 0 fully saturated rings. The van der Waals surface area contributed by atoms with E-state index in [-0.39, 0.29) is 12.5 Å². The molecule has 2 N–H and O–H groups in total. The number of carbonyl (C=O) groups excluding carboxylic acids is 1. The summed E-state index contributed by atoms with van der Waals surface area (Å²) in [5, 5.41) is 17.7. The number of carbonyl (C=O) groups is 1. The van der Waals surface area contributed by atoms with Gasteiger partial charge in [0, 0.05) is 13.6 Å². The van der Waals surface area contributed by atoms with Crippen LogP contribution in [0.5, 0.6) is 0 Å². The number of hydrogen-bond donors (Lipinski definition) is 2. The fourth-order valence-electron chi connectivity index (χ4n) is 2.78. The summed E-state index contributed by atoms with van der Waals surface area (Å²) in [7, 11) is 1.86. The van der Waals surface area contributed by atoms with Gasteiger partial charge < -0.3 is 10.4 Å². The molecule has 136 valence electrons. The Labute approximate surface area is 149 Å². The van der Waals surface area contributed by atoms with Crippen LogP contribution in [0.15, 0.2) is 24.3 Å². The average Bonchev–Trinajstić information content (AvgIpc) is 2.81. The molecular formula is C19H28N4O2. The smallest absolute Gasteiger partial charge is 0.238 e. The second-order valence-corrected chi connectivity index (χ2v) is 6.47. The van der Waals surface area contributed by atoms with Gasteiger partial charge in [-0.25, -0.2) is 0 Å². The number of anilines is 1. The number of aliphatic hydroxyl groups is 1. The lowest BCUT2D eigenvalue weighted by Crippen LogP contribution is -2.36. The Balaban J connectivity index is 1.96. The van der Waals surface area contributed by atoms with E-state index in [0.717, 1.165) is 28.2 Å². The van der Waals surface area contributed by atoms with Crippen LogP contribution in [0.25, 0.3) is 0 Å². The fraction of sp³-hybridized carbons (Fsp3) is 0.474. The van der Waals surface area contributed by atoms with Gasteiger partial charge in [0.15, 0.2) is 0 Å². The molecule has 1 aromatic carbocycles. The molecule has 0 saturated heterocycles. The molecule has 0 aliphatic heterocycles. The van der Waals surface area contributed by atoms with Crippen molar-refractivity contribution in [1.29, 1.82) is 0 Å². The van der Waals surface area contributed by atoms with Gasteiger partial charge in [-0.1, -0.05) is 36.8 Å². The van der Waals surface area contributed by atoms with E-state index in [1.54, 1.807) is 4.68 Å². The predicted octanol–water partition coefficient (Wildman–Crippen LogP) is 2.34.